The van der Waals surface area contributed by atoms with Crippen LogP contribution in [0.15, 0.2) is 4.99 Å². The van der Waals surface area contributed by atoms with E-state index in [0.717, 1.165) is 12.8 Å². The lowest BCUT2D eigenvalue weighted by atomic mass is 10.4. The van der Waals surface area contributed by atoms with Crippen LogP contribution in [0.1, 0.15) is 12.8 Å². The smallest absolute Gasteiger partial charge is 0.223 e. The molecular formula is C10H21IN4O2. The molecular weight excluding hydrogens is 335 g/mol. The molecule has 100 valence electrons. The highest BCUT2D eigenvalue weighted by Crippen LogP contribution is 2.28. The van der Waals surface area contributed by atoms with E-state index >= 15 is 0 Å². The Morgan fingerprint density at radius 1 is 1.41 bits per heavy atom. The predicted octanol–water partition coefficient (Wildman–Crippen LogP) is -0.319. The number of nitrogens with one attached hydrogen (secondary N) is 2. The number of methoxy groups -OCH3 is 1. The van der Waals surface area contributed by atoms with Gasteiger partial charge in [0.15, 0.2) is 5.96 Å². The lowest BCUT2D eigenvalue weighted by Crippen LogP contribution is -2.39. The first-order valence-electron chi connectivity index (χ1n) is 5.54. The molecule has 0 aromatic rings. The number of amides is 1. The van der Waals surface area contributed by atoms with E-state index in [-0.39, 0.29) is 35.8 Å². The first-order chi connectivity index (χ1) is 7.74. The second-order valence-corrected chi connectivity index (χ2v) is 3.75. The maximum absolute atomic E-state index is 11.2. The average molecular weight is 356 g/mol. The van der Waals surface area contributed by atoms with Gasteiger partial charge in [0.25, 0.3) is 0 Å². The molecule has 0 aromatic carbocycles. The molecule has 6 nitrogen and oxygen atoms in total. The lowest BCUT2D eigenvalue weighted by Gasteiger charge is -2.06. The fourth-order valence-corrected chi connectivity index (χ4v) is 1.18. The van der Waals surface area contributed by atoms with Crippen molar-refractivity contribution in [2.45, 2.75) is 12.8 Å². The molecule has 0 spiro atoms. The third-order valence-electron chi connectivity index (χ3n) is 2.26. The Bertz CT molecular complexity index is 257. The van der Waals surface area contributed by atoms with Crippen molar-refractivity contribution in [3.8, 4) is 0 Å². The number of hydrogen-bond acceptors (Lipinski definition) is 3. The van der Waals surface area contributed by atoms with Gasteiger partial charge in [-0.1, -0.05) is 0 Å². The molecule has 4 N–H and O–H groups in total. The molecule has 1 saturated carbocycles. The first-order valence-corrected chi connectivity index (χ1v) is 5.54. The van der Waals surface area contributed by atoms with Crippen LogP contribution in [0.25, 0.3) is 0 Å². The van der Waals surface area contributed by atoms with Gasteiger partial charge in [-0.3, -0.25) is 9.79 Å². The van der Waals surface area contributed by atoms with Gasteiger partial charge < -0.3 is 21.1 Å². The summed E-state index contributed by atoms with van der Waals surface area (Å²) in [5.74, 6) is 0.794. The van der Waals surface area contributed by atoms with E-state index in [1.807, 2.05) is 0 Å². The zero-order valence-corrected chi connectivity index (χ0v) is 12.4. The maximum Gasteiger partial charge on any atom is 0.223 e. The minimum absolute atomic E-state index is 0. The van der Waals surface area contributed by atoms with Gasteiger partial charge in [-0.05, 0) is 12.8 Å². The largest absolute Gasteiger partial charge is 0.383 e. The summed E-state index contributed by atoms with van der Waals surface area (Å²) >= 11 is 0. The second kappa shape index (κ2) is 9.46. The number of carbonyl (C=O) groups excluding carboxylic acids is 1. The molecule has 0 aromatic heterocycles. The number of halogens is 1. The summed E-state index contributed by atoms with van der Waals surface area (Å²) in [7, 11) is 1.62. The van der Waals surface area contributed by atoms with Gasteiger partial charge in [-0.2, -0.15) is 0 Å². The number of nitrogens with two attached hydrogens (primary N) is 1. The Morgan fingerprint density at radius 2 is 2.06 bits per heavy atom. The van der Waals surface area contributed by atoms with E-state index in [0.29, 0.717) is 32.2 Å². The second-order valence-electron chi connectivity index (χ2n) is 3.75. The van der Waals surface area contributed by atoms with Crippen molar-refractivity contribution in [2.75, 3.05) is 33.4 Å². The van der Waals surface area contributed by atoms with Gasteiger partial charge in [0.1, 0.15) is 0 Å². The standard InChI is InChI=1S/C10H20N4O2.HI/c1-16-7-6-14-10(11)13-5-4-12-9(15)8-2-3-8;/h8H,2-7H2,1H3,(H,12,15)(H3,11,13,14);1H. The number of nitrogens with zero attached hydrogens (tertiary/aromatic N) is 1. The number of guanidine groups is 1. The average Bonchev–Trinajstić information content (AvgIpc) is 3.08. The normalized spacial score (nSPS) is 15.0. The molecule has 0 heterocycles. The van der Waals surface area contributed by atoms with Crippen LogP contribution < -0.4 is 16.4 Å². The SMILES string of the molecule is COCCN=C(N)NCCNC(=O)C1CC1.I. The Hall–Kier alpha value is -0.570. The van der Waals surface area contributed by atoms with E-state index in [2.05, 4.69) is 15.6 Å². The summed E-state index contributed by atoms with van der Waals surface area (Å²) in [5.41, 5.74) is 5.57. The summed E-state index contributed by atoms with van der Waals surface area (Å²) in [6.07, 6.45) is 2.06. The van der Waals surface area contributed by atoms with Crippen molar-refractivity contribution >= 4 is 35.8 Å². The summed E-state index contributed by atoms with van der Waals surface area (Å²) < 4.78 is 4.84. The zero-order valence-electron chi connectivity index (χ0n) is 10.1. The minimum Gasteiger partial charge on any atom is -0.383 e. The van der Waals surface area contributed by atoms with Crippen molar-refractivity contribution in [3.05, 3.63) is 0 Å². The van der Waals surface area contributed by atoms with Crippen LogP contribution in [-0.2, 0) is 9.53 Å². The molecule has 1 aliphatic rings. The molecule has 0 saturated heterocycles. The minimum atomic E-state index is 0. The lowest BCUT2D eigenvalue weighted by molar-refractivity contribution is -0.122. The van der Waals surface area contributed by atoms with Crippen LogP contribution in [-0.4, -0.2) is 45.2 Å². The molecule has 1 rings (SSSR count). The molecule has 0 atom stereocenters. The number of aliphatic imine (C=N–C) groups is 1. The van der Waals surface area contributed by atoms with Crippen LogP contribution in [0.4, 0.5) is 0 Å². The Balaban J connectivity index is 0.00000256. The highest BCUT2D eigenvalue weighted by Gasteiger charge is 2.28. The summed E-state index contributed by atoms with van der Waals surface area (Å²) in [6, 6.07) is 0. The van der Waals surface area contributed by atoms with Crippen molar-refractivity contribution in [2.24, 2.45) is 16.6 Å². The highest BCUT2D eigenvalue weighted by molar-refractivity contribution is 14.0. The van der Waals surface area contributed by atoms with Gasteiger partial charge in [0.2, 0.25) is 5.91 Å². The van der Waals surface area contributed by atoms with Gasteiger partial charge in [0, 0.05) is 26.1 Å². The number of rotatable bonds is 7. The molecule has 0 radical (unpaired) electrons. The Kier molecular flexibility index (Phi) is 9.14. The van der Waals surface area contributed by atoms with Crippen LogP contribution in [0, 0.1) is 5.92 Å². The van der Waals surface area contributed by atoms with E-state index in [1.54, 1.807) is 7.11 Å². The van der Waals surface area contributed by atoms with Crippen molar-refractivity contribution in [3.63, 3.8) is 0 Å². The quantitative estimate of drug-likeness (QED) is 0.253. The van der Waals surface area contributed by atoms with E-state index in [4.69, 9.17) is 10.5 Å². The number of ether oxygens (including phenoxy) is 1. The number of hydrogen-bond donors (Lipinski definition) is 3. The van der Waals surface area contributed by atoms with Crippen molar-refractivity contribution in [1.82, 2.24) is 10.6 Å². The van der Waals surface area contributed by atoms with Crippen LogP contribution in [0.2, 0.25) is 0 Å². The molecule has 0 bridgehead atoms. The molecule has 17 heavy (non-hydrogen) atoms. The summed E-state index contributed by atoms with van der Waals surface area (Å²) in [5, 5.41) is 5.74. The molecule has 1 fully saturated rings. The van der Waals surface area contributed by atoms with Crippen LogP contribution in [0.5, 0.6) is 0 Å². The predicted molar refractivity (Wildman–Crippen MR) is 77.5 cm³/mol. The third-order valence-corrected chi connectivity index (χ3v) is 2.26. The highest BCUT2D eigenvalue weighted by atomic mass is 127. The number of carbonyl (C=O) groups is 1. The molecule has 0 unspecified atom stereocenters. The Morgan fingerprint density at radius 3 is 2.65 bits per heavy atom. The summed E-state index contributed by atoms with van der Waals surface area (Å²) in [4.78, 5) is 15.3. The first kappa shape index (κ1) is 16.4. The van der Waals surface area contributed by atoms with Gasteiger partial charge >= 0.3 is 0 Å². The summed E-state index contributed by atoms with van der Waals surface area (Å²) in [6.45, 7) is 2.28. The van der Waals surface area contributed by atoms with Gasteiger partial charge in [-0.25, -0.2) is 0 Å². The fourth-order valence-electron chi connectivity index (χ4n) is 1.18. The molecule has 1 amide bonds. The fraction of sp³-hybridized carbons (Fsp3) is 0.800. The molecule has 0 aliphatic heterocycles. The van der Waals surface area contributed by atoms with Crippen LogP contribution >= 0.6 is 24.0 Å². The van der Waals surface area contributed by atoms with Crippen molar-refractivity contribution in [1.29, 1.82) is 0 Å². The Labute approximate surface area is 119 Å². The van der Waals surface area contributed by atoms with Gasteiger partial charge in [0.05, 0.1) is 13.2 Å². The van der Waals surface area contributed by atoms with E-state index in [9.17, 15) is 4.79 Å². The molecule has 1 aliphatic carbocycles. The van der Waals surface area contributed by atoms with E-state index < -0.39 is 0 Å². The topological polar surface area (TPSA) is 88.7 Å². The monoisotopic (exact) mass is 356 g/mol. The van der Waals surface area contributed by atoms with E-state index in [1.165, 1.54) is 0 Å². The van der Waals surface area contributed by atoms with Crippen LogP contribution in [0.3, 0.4) is 0 Å². The maximum atomic E-state index is 11.2. The molecule has 7 heteroatoms. The third kappa shape index (κ3) is 8.19. The van der Waals surface area contributed by atoms with Gasteiger partial charge in [-0.15, -0.1) is 24.0 Å². The zero-order chi connectivity index (χ0) is 11.8. The van der Waals surface area contributed by atoms with Crippen molar-refractivity contribution < 1.29 is 9.53 Å².